The van der Waals surface area contributed by atoms with Gasteiger partial charge in [-0.25, -0.2) is 4.79 Å². The zero-order valence-corrected chi connectivity index (χ0v) is 16.3. The molecule has 1 amide bonds. The molecule has 0 aromatic rings. The van der Waals surface area contributed by atoms with Crippen molar-refractivity contribution in [2.75, 3.05) is 20.6 Å². The van der Waals surface area contributed by atoms with Gasteiger partial charge in [0.2, 0.25) is 5.91 Å². The Morgan fingerprint density at radius 3 is 2.58 bits per heavy atom. The molecule has 0 spiro atoms. The van der Waals surface area contributed by atoms with Crippen molar-refractivity contribution in [1.82, 2.24) is 10.2 Å². The van der Waals surface area contributed by atoms with Crippen molar-refractivity contribution >= 4 is 35.6 Å². The minimum atomic E-state index is -1.10. The third kappa shape index (κ3) is 4.27. The number of hydrogen-bond donors (Lipinski definition) is 3. The van der Waals surface area contributed by atoms with E-state index in [1.165, 1.54) is 18.7 Å². The van der Waals surface area contributed by atoms with Gasteiger partial charge in [0.15, 0.2) is 0 Å². The molecule has 2 rings (SSSR count). The largest absolute Gasteiger partial charge is 0.477 e. The monoisotopic (exact) mass is 385 g/mol. The van der Waals surface area contributed by atoms with Crippen LogP contribution in [-0.2, 0) is 14.4 Å². The van der Waals surface area contributed by atoms with E-state index in [1.54, 1.807) is 19.0 Å². The zero-order valence-electron chi connectivity index (χ0n) is 15.5. The van der Waals surface area contributed by atoms with Crippen LogP contribution in [0.15, 0.2) is 4.99 Å². The molecule has 26 heavy (non-hydrogen) atoms. The van der Waals surface area contributed by atoms with Gasteiger partial charge in [0, 0.05) is 25.9 Å². The molecule has 0 aliphatic carbocycles. The normalized spacial score (nSPS) is 33.4. The van der Waals surface area contributed by atoms with E-state index < -0.39 is 24.0 Å². The van der Waals surface area contributed by atoms with Crippen LogP contribution >= 0.6 is 11.8 Å². The maximum absolute atomic E-state index is 12.1. The Morgan fingerprint density at radius 1 is 1.42 bits per heavy atom. The van der Waals surface area contributed by atoms with Gasteiger partial charge in [-0.2, -0.15) is 0 Å². The summed E-state index contributed by atoms with van der Waals surface area (Å²) in [5, 5.41) is 22.3. The average Bonchev–Trinajstić information content (AvgIpc) is 3.14. The standard InChI is InChI=1S/C17H27N3O5S/c1-8-13(11(7-21)9(2)22)19-14(17(24)25)15(8)26-10-5-12(18-6-10)16(23)20(3)4/h7-13,15,18,22H,5-6H2,1-4H3,(H,24,25)/t8-,9-,10+,11-,12-,13-,15+/m1/s1. The minimum Gasteiger partial charge on any atom is -0.477 e. The van der Waals surface area contributed by atoms with Crippen LogP contribution in [0.4, 0.5) is 0 Å². The molecule has 0 unspecified atom stereocenters. The quantitative estimate of drug-likeness (QED) is 0.512. The maximum Gasteiger partial charge on any atom is 0.350 e. The first kappa shape index (κ1) is 20.9. The van der Waals surface area contributed by atoms with Gasteiger partial charge in [-0.3, -0.25) is 9.79 Å². The van der Waals surface area contributed by atoms with Gasteiger partial charge in [0.25, 0.3) is 0 Å². The topological polar surface area (TPSA) is 119 Å². The number of carbonyl (C=O) groups excluding carboxylic acids is 2. The van der Waals surface area contributed by atoms with Crippen LogP contribution < -0.4 is 5.32 Å². The Morgan fingerprint density at radius 2 is 2.08 bits per heavy atom. The van der Waals surface area contributed by atoms with Crippen molar-refractivity contribution in [3.05, 3.63) is 0 Å². The number of thioether (sulfide) groups is 1. The van der Waals surface area contributed by atoms with Gasteiger partial charge in [0.05, 0.1) is 29.4 Å². The summed E-state index contributed by atoms with van der Waals surface area (Å²) in [5.41, 5.74) is 0.0439. The number of amides is 1. The highest BCUT2D eigenvalue weighted by Crippen LogP contribution is 2.39. The third-order valence-corrected chi connectivity index (χ3v) is 6.76. The Bertz CT molecular complexity index is 595. The predicted molar refractivity (Wildman–Crippen MR) is 99.5 cm³/mol. The van der Waals surface area contributed by atoms with Crippen LogP contribution in [0.2, 0.25) is 0 Å². The molecule has 0 radical (unpaired) electrons. The van der Waals surface area contributed by atoms with Crippen LogP contribution in [0.1, 0.15) is 20.3 Å². The molecular weight excluding hydrogens is 358 g/mol. The molecule has 0 saturated carbocycles. The van der Waals surface area contributed by atoms with Crippen molar-refractivity contribution in [2.45, 2.75) is 49.0 Å². The first-order valence-electron chi connectivity index (χ1n) is 8.71. The molecule has 3 N–H and O–H groups in total. The number of aliphatic hydroxyl groups is 1. The number of aliphatic hydroxyl groups excluding tert-OH is 1. The van der Waals surface area contributed by atoms with Gasteiger partial charge in [0.1, 0.15) is 12.0 Å². The van der Waals surface area contributed by atoms with Gasteiger partial charge < -0.3 is 25.2 Å². The third-order valence-electron chi connectivity index (χ3n) is 5.07. The summed E-state index contributed by atoms with van der Waals surface area (Å²) in [6, 6.07) is -0.815. The summed E-state index contributed by atoms with van der Waals surface area (Å²) in [6.45, 7) is 4.00. The average molecular weight is 385 g/mol. The van der Waals surface area contributed by atoms with Gasteiger partial charge in [-0.1, -0.05) is 6.92 Å². The Hall–Kier alpha value is -1.45. The number of carboxylic acids is 1. The number of likely N-dealkylation sites (N-methyl/N-ethyl adjacent to an activating group) is 1. The minimum absolute atomic E-state index is 0.00713. The van der Waals surface area contributed by atoms with Crippen LogP contribution in [0.25, 0.3) is 0 Å². The van der Waals surface area contributed by atoms with Crippen molar-refractivity contribution in [1.29, 1.82) is 0 Å². The molecule has 8 nitrogen and oxygen atoms in total. The highest BCUT2D eigenvalue weighted by molar-refractivity contribution is 8.01. The van der Waals surface area contributed by atoms with E-state index in [2.05, 4.69) is 10.3 Å². The first-order chi connectivity index (χ1) is 12.2. The van der Waals surface area contributed by atoms with Crippen LogP contribution in [-0.4, -0.2) is 88.3 Å². The zero-order chi connectivity index (χ0) is 19.6. The lowest BCUT2D eigenvalue weighted by atomic mass is 9.87. The van der Waals surface area contributed by atoms with E-state index in [4.69, 9.17) is 0 Å². The molecule has 0 bridgehead atoms. The number of aldehydes is 1. The van der Waals surface area contributed by atoms with E-state index in [1.807, 2.05) is 6.92 Å². The molecule has 9 heteroatoms. The highest BCUT2D eigenvalue weighted by atomic mass is 32.2. The molecule has 1 saturated heterocycles. The fourth-order valence-electron chi connectivity index (χ4n) is 3.58. The fourth-order valence-corrected chi connectivity index (χ4v) is 5.19. The molecule has 1 fully saturated rings. The summed E-state index contributed by atoms with van der Waals surface area (Å²) in [4.78, 5) is 40.9. The Balaban J connectivity index is 2.11. The van der Waals surface area contributed by atoms with Crippen molar-refractivity contribution in [3.8, 4) is 0 Å². The van der Waals surface area contributed by atoms with Crippen LogP contribution in [0.5, 0.6) is 0 Å². The fraction of sp³-hybridized carbons (Fsp3) is 0.765. The van der Waals surface area contributed by atoms with Gasteiger partial charge >= 0.3 is 5.97 Å². The van der Waals surface area contributed by atoms with Crippen molar-refractivity contribution in [3.63, 3.8) is 0 Å². The van der Waals surface area contributed by atoms with E-state index in [9.17, 15) is 24.6 Å². The number of aliphatic carboxylic acids is 1. The van der Waals surface area contributed by atoms with Crippen LogP contribution in [0, 0.1) is 11.8 Å². The summed E-state index contributed by atoms with van der Waals surface area (Å²) >= 11 is 1.49. The number of hydrogen-bond acceptors (Lipinski definition) is 7. The first-order valence-corrected chi connectivity index (χ1v) is 9.66. The summed E-state index contributed by atoms with van der Waals surface area (Å²) in [7, 11) is 3.41. The second kappa shape index (κ2) is 8.49. The summed E-state index contributed by atoms with van der Waals surface area (Å²) in [6.07, 6.45) is 0.388. The molecule has 2 aliphatic heterocycles. The highest BCUT2D eigenvalue weighted by Gasteiger charge is 2.45. The molecule has 2 aliphatic rings. The molecule has 2 heterocycles. The SMILES string of the molecule is C[C@@H]1[C@H]([C@H](C=O)[C@@H](C)O)N=C(C(=O)O)[C@H]1S[C@@H]1CN[C@@H](C(=O)N(C)C)C1. The van der Waals surface area contributed by atoms with Crippen molar-refractivity contribution < 1.29 is 24.6 Å². The lowest BCUT2D eigenvalue weighted by molar-refractivity contribution is -0.130. The summed E-state index contributed by atoms with van der Waals surface area (Å²) < 4.78 is 0. The van der Waals surface area contributed by atoms with Gasteiger partial charge in [-0.15, -0.1) is 11.8 Å². The lowest BCUT2D eigenvalue weighted by Gasteiger charge is -2.26. The van der Waals surface area contributed by atoms with E-state index >= 15 is 0 Å². The summed E-state index contributed by atoms with van der Waals surface area (Å²) in [5.74, 6) is -2.01. The maximum atomic E-state index is 12.1. The van der Waals surface area contributed by atoms with E-state index in [-0.39, 0.29) is 34.1 Å². The van der Waals surface area contributed by atoms with E-state index in [0.717, 1.165) is 0 Å². The van der Waals surface area contributed by atoms with Crippen LogP contribution in [0.3, 0.4) is 0 Å². The Labute approximate surface area is 157 Å². The predicted octanol–water partition coefficient (Wildman–Crippen LogP) is -0.353. The number of nitrogens with zero attached hydrogens (tertiary/aromatic N) is 2. The molecule has 146 valence electrons. The number of nitrogens with one attached hydrogen (secondary N) is 1. The molecule has 7 atom stereocenters. The number of aliphatic imine (C=N–C) groups is 1. The second-order valence-corrected chi connectivity index (χ2v) is 8.68. The molecule has 0 aromatic carbocycles. The van der Waals surface area contributed by atoms with Gasteiger partial charge in [-0.05, 0) is 19.3 Å². The molecular formula is C17H27N3O5S. The second-order valence-electron chi connectivity index (χ2n) is 7.23. The number of rotatable bonds is 7. The molecule has 0 aromatic heterocycles. The smallest absolute Gasteiger partial charge is 0.350 e. The number of carboxylic acid groups (broad SMARTS) is 1. The van der Waals surface area contributed by atoms with E-state index in [0.29, 0.717) is 19.3 Å². The Kier molecular flexibility index (Phi) is 6.81. The lowest BCUT2D eigenvalue weighted by Crippen LogP contribution is -2.39. The number of carbonyl (C=O) groups is 3. The van der Waals surface area contributed by atoms with Crippen molar-refractivity contribution in [2.24, 2.45) is 16.8 Å².